The van der Waals surface area contributed by atoms with Gasteiger partial charge in [-0.3, -0.25) is 9.88 Å². The largest absolute Gasteiger partial charge is 0.381 e. The van der Waals surface area contributed by atoms with Crippen LogP contribution in [0.3, 0.4) is 0 Å². The number of ether oxygens (including phenoxy) is 1. The number of nitrogens with zero attached hydrogens (tertiary/aromatic N) is 2. The highest BCUT2D eigenvalue weighted by Gasteiger charge is 2.18. The number of halogens is 1. The molecule has 0 amide bonds. The Balaban J connectivity index is 1.70. The third-order valence-electron chi connectivity index (χ3n) is 4.36. The summed E-state index contributed by atoms with van der Waals surface area (Å²) in [5.74, 6) is 0.702. The predicted octanol–water partition coefficient (Wildman–Crippen LogP) is 4.16. The van der Waals surface area contributed by atoms with Crippen LogP contribution in [0.2, 0.25) is 5.02 Å². The molecule has 2 aromatic rings. The Morgan fingerprint density at radius 3 is 2.61 bits per heavy atom. The van der Waals surface area contributed by atoms with E-state index in [1.807, 2.05) is 12.3 Å². The van der Waals surface area contributed by atoms with Crippen molar-refractivity contribution in [1.29, 1.82) is 0 Å². The zero-order chi connectivity index (χ0) is 15.9. The molecule has 1 saturated heterocycles. The highest BCUT2D eigenvalue weighted by atomic mass is 35.5. The number of benzene rings is 1. The van der Waals surface area contributed by atoms with Crippen LogP contribution >= 0.6 is 11.6 Å². The van der Waals surface area contributed by atoms with E-state index in [0.717, 1.165) is 56.3 Å². The molecule has 23 heavy (non-hydrogen) atoms. The molecule has 122 valence electrons. The SMILES string of the molecule is Clc1cnccc1CN(Cc1ccccc1)CC1CCOCC1. The second kappa shape index (κ2) is 8.44. The summed E-state index contributed by atoms with van der Waals surface area (Å²) < 4.78 is 5.49. The van der Waals surface area contributed by atoms with E-state index in [2.05, 4.69) is 40.2 Å². The highest BCUT2D eigenvalue weighted by molar-refractivity contribution is 6.31. The summed E-state index contributed by atoms with van der Waals surface area (Å²) in [5, 5.41) is 0.748. The average molecular weight is 331 g/mol. The summed E-state index contributed by atoms with van der Waals surface area (Å²) in [6.07, 6.45) is 5.84. The van der Waals surface area contributed by atoms with Crippen LogP contribution in [0.5, 0.6) is 0 Å². The Morgan fingerprint density at radius 2 is 1.87 bits per heavy atom. The molecule has 3 rings (SSSR count). The molecule has 0 atom stereocenters. The third kappa shape index (κ3) is 5.03. The molecule has 4 heteroatoms. The molecule has 0 unspecified atom stereocenters. The Kier molecular flexibility index (Phi) is 6.03. The molecule has 1 fully saturated rings. The second-order valence-electron chi connectivity index (χ2n) is 6.18. The molecule has 0 aliphatic carbocycles. The predicted molar refractivity (Wildman–Crippen MR) is 93.3 cm³/mol. The van der Waals surface area contributed by atoms with Gasteiger partial charge in [0.1, 0.15) is 0 Å². The van der Waals surface area contributed by atoms with Crippen molar-refractivity contribution in [2.45, 2.75) is 25.9 Å². The Hall–Kier alpha value is -1.42. The van der Waals surface area contributed by atoms with Gasteiger partial charge in [-0.05, 0) is 36.0 Å². The lowest BCUT2D eigenvalue weighted by atomic mass is 9.99. The Labute approximate surface area is 143 Å². The van der Waals surface area contributed by atoms with Gasteiger partial charge in [0.25, 0.3) is 0 Å². The lowest BCUT2D eigenvalue weighted by Gasteiger charge is -2.30. The first-order valence-corrected chi connectivity index (χ1v) is 8.61. The maximum absolute atomic E-state index is 6.30. The summed E-state index contributed by atoms with van der Waals surface area (Å²) in [6.45, 7) is 4.65. The quantitative estimate of drug-likeness (QED) is 0.795. The van der Waals surface area contributed by atoms with Crippen molar-refractivity contribution in [1.82, 2.24) is 9.88 Å². The van der Waals surface area contributed by atoms with Crippen molar-refractivity contribution >= 4 is 11.6 Å². The molecule has 1 aromatic carbocycles. The molecule has 1 aromatic heterocycles. The molecule has 3 nitrogen and oxygen atoms in total. The minimum absolute atomic E-state index is 0.702. The average Bonchev–Trinajstić information content (AvgIpc) is 2.59. The third-order valence-corrected chi connectivity index (χ3v) is 4.70. The number of aromatic nitrogens is 1. The first kappa shape index (κ1) is 16.4. The van der Waals surface area contributed by atoms with Crippen molar-refractivity contribution in [3.63, 3.8) is 0 Å². The van der Waals surface area contributed by atoms with Gasteiger partial charge in [-0.15, -0.1) is 0 Å². The van der Waals surface area contributed by atoms with Crippen LogP contribution in [0.25, 0.3) is 0 Å². The van der Waals surface area contributed by atoms with Crippen LogP contribution in [0.1, 0.15) is 24.0 Å². The molecular formula is C19H23ClN2O. The molecule has 0 saturated carbocycles. The van der Waals surface area contributed by atoms with E-state index in [0.29, 0.717) is 5.92 Å². The van der Waals surface area contributed by atoms with Crippen LogP contribution in [0.4, 0.5) is 0 Å². The minimum Gasteiger partial charge on any atom is -0.381 e. The minimum atomic E-state index is 0.702. The molecular weight excluding hydrogens is 308 g/mol. The Morgan fingerprint density at radius 1 is 1.09 bits per heavy atom. The summed E-state index contributed by atoms with van der Waals surface area (Å²) in [6, 6.07) is 12.6. The first-order chi connectivity index (χ1) is 11.3. The van der Waals surface area contributed by atoms with E-state index in [1.54, 1.807) is 6.20 Å². The van der Waals surface area contributed by atoms with E-state index in [4.69, 9.17) is 16.3 Å². The molecule has 1 aliphatic rings. The standard InChI is InChI=1S/C19H23ClN2O/c20-19-12-21-9-6-18(19)15-22(13-16-4-2-1-3-5-16)14-17-7-10-23-11-8-17/h1-6,9,12,17H,7-8,10-11,13-15H2. The van der Waals surface area contributed by atoms with Crippen molar-refractivity contribution < 1.29 is 4.74 Å². The monoisotopic (exact) mass is 330 g/mol. The second-order valence-corrected chi connectivity index (χ2v) is 6.59. The van der Waals surface area contributed by atoms with E-state index in [1.165, 1.54) is 5.56 Å². The molecule has 0 spiro atoms. The van der Waals surface area contributed by atoms with E-state index in [9.17, 15) is 0 Å². The molecule has 1 aliphatic heterocycles. The lowest BCUT2D eigenvalue weighted by molar-refractivity contribution is 0.0502. The maximum Gasteiger partial charge on any atom is 0.0634 e. The fraction of sp³-hybridized carbons (Fsp3) is 0.421. The van der Waals surface area contributed by atoms with Gasteiger partial charge >= 0.3 is 0 Å². The fourth-order valence-corrected chi connectivity index (χ4v) is 3.27. The zero-order valence-corrected chi connectivity index (χ0v) is 14.1. The molecule has 2 heterocycles. The topological polar surface area (TPSA) is 25.4 Å². The van der Waals surface area contributed by atoms with Crippen molar-refractivity contribution in [2.24, 2.45) is 5.92 Å². The molecule has 0 bridgehead atoms. The van der Waals surface area contributed by atoms with Crippen molar-refractivity contribution in [3.05, 3.63) is 64.9 Å². The van der Waals surface area contributed by atoms with Crippen molar-refractivity contribution in [2.75, 3.05) is 19.8 Å². The van der Waals surface area contributed by atoms with Gasteiger partial charge in [-0.2, -0.15) is 0 Å². The summed E-state index contributed by atoms with van der Waals surface area (Å²) >= 11 is 6.30. The van der Waals surface area contributed by atoms with Crippen LogP contribution < -0.4 is 0 Å². The van der Waals surface area contributed by atoms with Crippen molar-refractivity contribution in [3.8, 4) is 0 Å². The number of pyridine rings is 1. The smallest absolute Gasteiger partial charge is 0.0634 e. The highest BCUT2D eigenvalue weighted by Crippen LogP contribution is 2.21. The normalized spacial score (nSPS) is 15.9. The van der Waals surface area contributed by atoms with Gasteiger partial charge in [0, 0.05) is 45.2 Å². The van der Waals surface area contributed by atoms with Crippen LogP contribution in [0, 0.1) is 5.92 Å². The summed E-state index contributed by atoms with van der Waals surface area (Å²) in [4.78, 5) is 6.58. The van der Waals surface area contributed by atoms with Gasteiger partial charge in [0.05, 0.1) is 5.02 Å². The van der Waals surface area contributed by atoms with Gasteiger partial charge in [-0.1, -0.05) is 41.9 Å². The molecule has 0 radical (unpaired) electrons. The van der Waals surface area contributed by atoms with Gasteiger partial charge in [-0.25, -0.2) is 0 Å². The number of hydrogen-bond acceptors (Lipinski definition) is 3. The molecule has 0 N–H and O–H groups in total. The van der Waals surface area contributed by atoms with Crippen LogP contribution in [-0.2, 0) is 17.8 Å². The van der Waals surface area contributed by atoms with Crippen LogP contribution in [0.15, 0.2) is 48.8 Å². The van der Waals surface area contributed by atoms with Gasteiger partial charge < -0.3 is 4.74 Å². The fourth-order valence-electron chi connectivity index (χ4n) is 3.09. The zero-order valence-electron chi connectivity index (χ0n) is 13.3. The van der Waals surface area contributed by atoms with Crippen LogP contribution in [-0.4, -0.2) is 29.6 Å². The number of rotatable bonds is 6. The lowest BCUT2D eigenvalue weighted by Crippen LogP contribution is -2.32. The van der Waals surface area contributed by atoms with Gasteiger partial charge in [0.2, 0.25) is 0 Å². The number of hydrogen-bond donors (Lipinski definition) is 0. The first-order valence-electron chi connectivity index (χ1n) is 8.23. The van der Waals surface area contributed by atoms with E-state index in [-0.39, 0.29) is 0 Å². The maximum atomic E-state index is 6.30. The summed E-state index contributed by atoms with van der Waals surface area (Å²) in [7, 11) is 0. The Bertz CT molecular complexity index is 599. The van der Waals surface area contributed by atoms with Gasteiger partial charge in [0.15, 0.2) is 0 Å². The van der Waals surface area contributed by atoms with E-state index < -0.39 is 0 Å². The summed E-state index contributed by atoms with van der Waals surface area (Å²) in [5.41, 5.74) is 2.48. The van der Waals surface area contributed by atoms with E-state index >= 15 is 0 Å².